The van der Waals surface area contributed by atoms with Crippen molar-refractivity contribution in [2.75, 3.05) is 95.6 Å². The molecule has 4 N–H and O–H groups in total. The number of thiazole rings is 2. The number of nitrogens with two attached hydrogens (primary N) is 1. The van der Waals surface area contributed by atoms with Gasteiger partial charge in [-0.05, 0) is 91.6 Å². The van der Waals surface area contributed by atoms with Gasteiger partial charge in [-0.2, -0.15) is 0 Å². The highest BCUT2D eigenvalue weighted by molar-refractivity contribution is 9.10. The summed E-state index contributed by atoms with van der Waals surface area (Å²) in [6, 6.07) is 21.5. The first kappa shape index (κ1) is 65.8. The molecule has 4 atom stereocenters. The summed E-state index contributed by atoms with van der Waals surface area (Å²) in [5.41, 5.74) is 11.5. The Morgan fingerprint density at radius 2 is 1.20 bits per heavy atom. The van der Waals surface area contributed by atoms with Gasteiger partial charge in [0.25, 0.3) is 0 Å². The number of amidine groups is 2. The van der Waals surface area contributed by atoms with Gasteiger partial charge < -0.3 is 40.4 Å². The van der Waals surface area contributed by atoms with E-state index in [0.29, 0.717) is 133 Å². The number of methoxy groups -OCH3 is 1. The lowest BCUT2D eigenvalue weighted by Gasteiger charge is -2.38. The van der Waals surface area contributed by atoms with Crippen LogP contribution in [0.2, 0.25) is 5.02 Å². The first-order valence-corrected chi connectivity index (χ1v) is 32.9. The van der Waals surface area contributed by atoms with Crippen molar-refractivity contribution in [1.82, 2.24) is 40.2 Å². The molecule has 0 saturated carbocycles. The highest BCUT2D eigenvalue weighted by atomic mass is 79.9. The summed E-state index contributed by atoms with van der Waals surface area (Å²) < 4.78 is 44.2. The van der Waals surface area contributed by atoms with E-state index in [0.717, 1.165) is 22.5 Å². The molecule has 0 aliphatic carbocycles. The van der Waals surface area contributed by atoms with E-state index in [2.05, 4.69) is 46.3 Å². The number of urea groups is 2. The first-order chi connectivity index (χ1) is 45.0. The number of piperazine rings is 2. The van der Waals surface area contributed by atoms with Crippen LogP contribution in [-0.2, 0) is 39.8 Å². The molecule has 2 aromatic heterocycles. The Balaban J connectivity index is 0.000000190. The number of carbonyl (C=O) groups excluding carboxylic acids is 6. The van der Waals surface area contributed by atoms with E-state index in [1.165, 1.54) is 66.2 Å². The number of aryl methyl sites for hydroxylation is 1. The second kappa shape index (κ2) is 29.5. The molecule has 28 heteroatoms. The van der Waals surface area contributed by atoms with E-state index in [1.807, 2.05) is 69.1 Å². The molecule has 4 aromatic carbocycles. The minimum Gasteiger partial charge on any atom is -0.466 e. The average Bonchev–Trinajstić information content (AvgIpc) is 1.78. The summed E-state index contributed by atoms with van der Waals surface area (Å²) in [4.78, 5) is 107. The fourth-order valence-corrected chi connectivity index (χ4v) is 14.0. The van der Waals surface area contributed by atoms with Gasteiger partial charge in [-0.15, -0.1) is 22.7 Å². The fourth-order valence-electron chi connectivity index (χ4n) is 12.0. The summed E-state index contributed by atoms with van der Waals surface area (Å²) >= 11 is 12.8. The van der Waals surface area contributed by atoms with Crippen molar-refractivity contribution in [1.29, 1.82) is 0 Å². The summed E-state index contributed by atoms with van der Waals surface area (Å²) in [6.07, 6.45) is 7.23. The van der Waals surface area contributed by atoms with E-state index >= 15 is 0 Å². The topological polar surface area (TPSA) is 250 Å². The molecule has 0 spiro atoms. The molecule has 0 bridgehead atoms. The van der Waals surface area contributed by atoms with Gasteiger partial charge >= 0.3 is 30.0 Å². The summed E-state index contributed by atoms with van der Waals surface area (Å²) in [5.74, 6) is -1.78. The largest absolute Gasteiger partial charge is 0.466 e. The van der Waals surface area contributed by atoms with Crippen LogP contribution in [0.15, 0.2) is 151 Å². The highest BCUT2D eigenvalue weighted by Gasteiger charge is 2.45. The van der Waals surface area contributed by atoms with Crippen molar-refractivity contribution in [3.8, 4) is 0 Å². The summed E-state index contributed by atoms with van der Waals surface area (Å²) in [6.45, 7) is 9.06. The number of ether oxygens (including phenoxy) is 3. The van der Waals surface area contributed by atoms with Gasteiger partial charge in [0, 0.05) is 139 Å². The number of aromatic nitrogens is 2. The van der Waals surface area contributed by atoms with Crippen molar-refractivity contribution in [2.24, 2.45) is 15.7 Å². The number of halogens is 4. The number of hydrogen-bond acceptors (Lipinski definition) is 19. The maximum absolute atomic E-state index is 14.1. The average molecular weight is 1390 g/mol. The Labute approximate surface area is 556 Å². The highest BCUT2D eigenvalue weighted by Crippen LogP contribution is 2.40. The van der Waals surface area contributed by atoms with Gasteiger partial charge in [-0.25, -0.2) is 42.7 Å². The minimum absolute atomic E-state index is 0.0452. The SMILES string of the molecule is CCOC(=O)/C=C/c1ccc(N2C[C@@H]3CN(CC4=C(C(=O)OC)[C@H](c5ccc(F)cc5Cl)N=C(c5nccs5)N4)CCN3C2=O)cc1.CCOC(=O)C1=C(CN2CCN3C(=O)N(c4ccc(CCC(N)=O)cc4)C[C@@H]3C2)NC(c2nccs2)=N[C@H]1c1ccc(F)cc1Br. The van der Waals surface area contributed by atoms with E-state index in [4.69, 9.17) is 41.5 Å². The molecule has 93 heavy (non-hydrogen) atoms. The lowest BCUT2D eigenvalue weighted by Crippen LogP contribution is -2.53. The van der Waals surface area contributed by atoms with Crippen LogP contribution in [0.4, 0.5) is 29.7 Å². The van der Waals surface area contributed by atoms with Crippen LogP contribution in [0.1, 0.15) is 64.6 Å². The Bertz CT molecular complexity index is 3970. The molecule has 6 aromatic rings. The number of rotatable bonds is 19. The van der Waals surface area contributed by atoms with Crippen molar-refractivity contribution in [2.45, 2.75) is 50.9 Å². The molecule has 5 amide bonds. The standard InChI is InChI=1S/C33H32ClFN6O5S.C32H33BrFN7O4S/c1-3-46-27(42)11-6-20-4-8-22(9-5-20)41-18-23-17-39(13-14-40(23)33(41)44)19-26-28(32(43)45-2)29(24-10-7-21(35)16-25(24)34)38-30(37-26)31-36-12-15-47-31;1-2-45-31(43)27-25(37-29(30-36-11-14-46-30)38-28(27)23-9-6-20(34)15-24(23)33)18-39-12-13-40-22(16-39)17-41(32(40)44)21-7-3-19(4-8-21)5-10-26(35)42/h4-12,15-16,23,29H,3,13-14,17-19H2,1-2H3,(H,37,38);3-4,6-9,11,14-15,22,28H,2,5,10,12-13,16-18H2,1H3,(H2,35,42)(H,37,38)/b11-6+;/t23-,29-;22-,28-/m00/s1. The van der Waals surface area contributed by atoms with Crippen molar-refractivity contribution >= 4 is 115 Å². The predicted octanol–water partition coefficient (Wildman–Crippen LogP) is 8.65. The number of carbonyl (C=O) groups is 6. The van der Waals surface area contributed by atoms with Crippen LogP contribution in [0, 0.1) is 11.6 Å². The zero-order valence-corrected chi connectivity index (χ0v) is 54.8. The molecule has 8 heterocycles. The number of esters is 3. The monoisotopic (exact) mass is 1390 g/mol. The molecule has 0 radical (unpaired) electrons. The minimum atomic E-state index is -0.856. The Kier molecular flexibility index (Phi) is 20.8. The van der Waals surface area contributed by atoms with E-state index in [-0.39, 0.29) is 53.7 Å². The van der Waals surface area contributed by atoms with Crippen LogP contribution in [0.25, 0.3) is 6.08 Å². The number of benzene rings is 4. The number of hydrogen-bond donors (Lipinski definition) is 3. The van der Waals surface area contributed by atoms with Crippen molar-refractivity contribution in [3.05, 3.63) is 190 Å². The van der Waals surface area contributed by atoms with Gasteiger partial charge in [0.2, 0.25) is 5.91 Å². The third-order valence-corrected chi connectivity index (χ3v) is 19.0. The quantitative estimate of drug-likeness (QED) is 0.0390. The zero-order valence-electron chi connectivity index (χ0n) is 50.8. The Hall–Kier alpha value is -8.73. The molecule has 6 aliphatic rings. The predicted molar refractivity (Wildman–Crippen MR) is 353 cm³/mol. The molecule has 22 nitrogen and oxygen atoms in total. The van der Waals surface area contributed by atoms with Crippen LogP contribution < -0.4 is 26.2 Å². The van der Waals surface area contributed by atoms with Crippen molar-refractivity contribution < 1.29 is 51.8 Å². The van der Waals surface area contributed by atoms with E-state index in [1.54, 1.807) is 48.2 Å². The molecule has 4 fully saturated rings. The molecular formula is C65H65BrClF2N13O9S2. The first-order valence-electron chi connectivity index (χ1n) is 30.0. The number of nitrogens with zero attached hydrogens (tertiary/aromatic N) is 10. The van der Waals surface area contributed by atoms with Crippen LogP contribution in [0.3, 0.4) is 0 Å². The maximum atomic E-state index is 14.1. The van der Waals surface area contributed by atoms with Crippen molar-refractivity contribution in [3.63, 3.8) is 0 Å². The molecule has 6 aliphatic heterocycles. The van der Waals surface area contributed by atoms with Gasteiger partial charge in [-0.3, -0.25) is 34.4 Å². The number of primary amides is 1. The molecule has 0 unspecified atom stereocenters. The number of amides is 5. The third-order valence-electron chi connectivity index (χ3n) is 16.4. The maximum Gasteiger partial charge on any atom is 0.338 e. The number of nitrogens with one attached hydrogen (secondary N) is 2. The van der Waals surface area contributed by atoms with E-state index < -0.39 is 41.6 Å². The van der Waals surface area contributed by atoms with Crippen LogP contribution in [0.5, 0.6) is 0 Å². The number of aliphatic imine (C=N–C) groups is 2. The summed E-state index contributed by atoms with van der Waals surface area (Å²) in [5, 5.41) is 11.8. The Morgan fingerprint density at radius 3 is 1.70 bits per heavy atom. The lowest BCUT2D eigenvalue weighted by molar-refractivity contribution is -0.139. The van der Waals surface area contributed by atoms with Crippen LogP contribution in [-0.4, -0.2) is 175 Å². The second-order valence-corrected chi connectivity index (χ2v) is 25.3. The molecule has 4 saturated heterocycles. The molecule has 12 rings (SSSR count). The fraction of sp³-hybridized carbons (Fsp3) is 0.323. The smallest absolute Gasteiger partial charge is 0.338 e. The van der Waals surface area contributed by atoms with E-state index in [9.17, 15) is 37.5 Å². The van der Waals surface area contributed by atoms with Gasteiger partial charge in [-0.1, -0.05) is 63.9 Å². The Morgan fingerprint density at radius 1 is 0.688 bits per heavy atom. The second-order valence-electron chi connectivity index (χ2n) is 22.3. The molecular weight excluding hydrogens is 1320 g/mol. The number of fused-ring (bicyclic) bond motifs is 2. The summed E-state index contributed by atoms with van der Waals surface area (Å²) in [7, 11) is 1.30. The van der Waals surface area contributed by atoms with Crippen LogP contribution >= 0.6 is 50.2 Å². The number of anilines is 2. The van der Waals surface area contributed by atoms with Gasteiger partial charge in [0.15, 0.2) is 21.7 Å². The van der Waals surface area contributed by atoms with Gasteiger partial charge in [0.05, 0.1) is 43.6 Å². The lowest BCUT2D eigenvalue weighted by atomic mass is 9.95. The third kappa shape index (κ3) is 15.0. The van der Waals surface area contributed by atoms with Gasteiger partial charge in [0.1, 0.15) is 23.7 Å². The zero-order chi connectivity index (χ0) is 65.4. The molecule has 484 valence electrons. The normalized spacial score (nSPS) is 19.9.